The number of carboxylic acid groups (broad SMARTS) is 1. The molecule has 0 heterocycles. The van der Waals surface area contributed by atoms with Crippen LogP contribution >= 0.6 is 11.6 Å². The molecule has 6 heteroatoms. The van der Waals surface area contributed by atoms with Crippen molar-refractivity contribution in [1.82, 2.24) is 0 Å². The molecule has 0 spiro atoms. The molecule has 0 aliphatic heterocycles. The Balaban J connectivity index is 3.26. The average molecular weight is 249 g/mol. The molecule has 0 saturated carbocycles. The summed E-state index contributed by atoms with van der Waals surface area (Å²) in [6, 6.07) is 2.52. The van der Waals surface area contributed by atoms with E-state index in [1.54, 1.807) is 0 Å². The second-order valence-electron chi connectivity index (χ2n) is 2.93. The maximum atomic E-state index is 13.3. The van der Waals surface area contributed by atoms with Crippen molar-refractivity contribution in [2.75, 3.05) is 14.2 Å². The van der Waals surface area contributed by atoms with Gasteiger partial charge in [0.2, 0.25) is 6.17 Å². The van der Waals surface area contributed by atoms with Crippen LogP contribution in [0.4, 0.5) is 4.39 Å². The van der Waals surface area contributed by atoms with E-state index in [2.05, 4.69) is 0 Å². The molecule has 0 radical (unpaired) electrons. The molecule has 1 aromatic carbocycles. The lowest BCUT2D eigenvalue weighted by molar-refractivity contribution is -0.143. The summed E-state index contributed by atoms with van der Waals surface area (Å²) in [5, 5.41) is 8.52. The number of carboxylic acids is 1. The Morgan fingerprint density at radius 1 is 1.38 bits per heavy atom. The summed E-state index contributed by atoms with van der Waals surface area (Å²) < 4.78 is 23.1. The van der Waals surface area contributed by atoms with Gasteiger partial charge in [0.25, 0.3) is 0 Å². The normalized spacial score (nSPS) is 12.0. The predicted molar refractivity (Wildman–Crippen MR) is 56.0 cm³/mol. The Morgan fingerprint density at radius 2 is 1.88 bits per heavy atom. The van der Waals surface area contributed by atoms with Gasteiger partial charge in [-0.3, -0.25) is 0 Å². The van der Waals surface area contributed by atoms with Gasteiger partial charge < -0.3 is 14.6 Å². The highest BCUT2D eigenvalue weighted by molar-refractivity contribution is 6.31. The van der Waals surface area contributed by atoms with Gasteiger partial charge in [-0.1, -0.05) is 11.6 Å². The molecule has 1 unspecified atom stereocenters. The Kier molecular flexibility index (Phi) is 3.95. The third-order valence-corrected chi connectivity index (χ3v) is 2.32. The fourth-order valence-corrected chi connectivity index (χ4v) is 1.45. The minimum atomic E-state index is -2.19. The molecule has 0 aliphatic rings. The second kappa shape index (κ2) is 5.03. The van der Waals surface area contributed by atoms with Crippen molar-refractivity contribution in [3.63, 3.8) is 0 Å². The zero-order valence-electron chi connectivity index (χ0n) is 8.66. The number of carbonyl (C=O) groups is 1. The number of rotatable bonds is 4. The van der Waals surface area contributed by atoms with E-state index in [0.717, 1.165) is 0 Å². The van der Waals surface area contributed by atoms with Crippen LogP contribution in [0.15, 0.2) is 12.1 Å². The van der Waals surface area contributed by atoms with Gasteiger partial charge in [-0.15, -0.1) is 0 Å². The van der Waals surface area contributed by atoms with E-state index in [-0.39, 0.29) is 16.3 Å². The van der Waals surface area contributed by atoms with Crippen LogP contribution in [-0.4, -0.2) is 25.3 Å². The van der Waals surface area contributed by atoms with Crippen molar-refractivity contribution in [2.24, 2.45) is 0 Å². The minimum absolute atomic E-state index is 0.0208. The monoisotopic (exact) mass is 248 g/mol. The summed E-state index contributed by atoms with van der Waals surface area (Å²) in [6.07, 6.45) is -2.19. The number of hydrogen-bond acceptors (Lipinski definition) is 3. The molecule has 0 aliphatic carbocycles. The first kappa shape index (κ1) is 12.6. The first-order valence-corrected chi connectivity index (χ1v) is 4.67. The number of halogens is 2. The SMILES string of the molecule is COc1cc(Cl)c(C(F)C(=O)O)cc1OC. The zero-order valence-corrected chi connectivity index (χ0v) is 9.42. The maximum absolute atomic E-state index is 13.3. The average Bonchev–Trinajstić information content (AvgIpc) is 2.27. The lowest BCUT2D eigenvalue weighted by Crippen LogP contribution is -2.07. The van der Waals surface area contributed by atoms with Crippen molar-refractivity contribution in [3.05, 3.63) is 22.7 Å². The van der Waals surface area contributed by atoms with Crippen LogP contribution in [0.25, 0.3) is 0 Å². The number of benzene rings is 1. The number of methoxy groups -OCH3 is 2. The lowest BCUT2D eigenvalue weighted by atomic mass is 10.1. The molecule has 88 valence electrons. The highest BCUT2D eigenvalue weighted by Gasteiger charge is 2.23. The van der Waals surface area contributed by atoms with Gasteiger partial charge in [0.1, 0.15) is 0 Å². The quantitative estimate of drug-likeness (QED) is 0.889. The first-order valence-electron chi connectivity index (χ1n) is 4.29. The van der Waals surface area contributed by atoms with Gasteiger partial charge in [-0.2, -0.15) is 0 Å². The summed E-state index contributed by atoms with van der Waals surface area (Å²) in [6.45, 7) is 0. The summed E-state index contributed by atoms with van der Waals surface area (Å²) in [7, 11) is 2.77. The van der Waals surface area contributed by atoms with Gasteiger partial charge in [0, 0.05) is 11.6 Å². The molecular formula is C10H10ClFO4. The third-order valence-electron chi connectivity index (χ3n) is 1.99. The zero-order chi connectivity index (χ0) is 12.3. The van der Waals surface area contributed by atoms with Crippen LogP contribution in [0.3, 0.4) is 0 Å². The smallest absolute Gasteiger partial charge is 0.343 e. The highest BCUT2D eigenvalue weighted by atomic mass is 35.5. The third kappa shape index (κ3) is 2.36. The molecule has 1 rings (SSSR count). The molecule has 16 heavy (non-hydrogen) atoms. The maximum Gasteiger partial charge on any atom is 0.343 e. The molecular weight excluding hydrogens is 239 g/mol. The first-order chi connectivity index (χ1) is 7.51. The van der Waals surface area contributed by atoms with Gasteiger partial charge in [-0.05, 0) is 6.07 Å². The van der Waals surface area contributed by atoms with E-state index in [0.29, 0.717) is 5.75 Å². The fourth-order valence-electron chi connectivity index (χ4n) is 1.20. The van der Waals surface area contributed by atoms with E-state index in [9.17, 15) is 9.18 Å². The largest absolute Gasteiger partial charge is 0.493 e. The fraction of sp³-hybridized carbons (Fsp3) is 0.300. The van der Waals surface area contributed by atoms with Crippen LogP contribution in [0, 0.1) is 0 Å². The van der Waals surface area contributed by atoms with Gasteiger partial charge in [-0.25, -0.2) is 9.18 Å². The molecule has 0 fully saturated rings. The number of hydrogen-bond donors (Lipinski definition) is 1. The van der Waals surface area contributed by atoms with Crippen molar-refractivity contribution in [1.29, 1.82) is 0 Å². The number of aliphatic carboxylic acids is 1. The van der Waals surface area contributed by atoms with Crippen molar-refractivity contribution in [3.8, 4) is 11.5 Å². The van der Waals surface area contributed by atoms with Crippen molar-refractivity contribution >= 4 is 17.6 Å². The Bertz CT molecular complexity index is 408. The Labute approximate surface area is 96.5 Å². The molecule has 1 atom stereocenters. The van der Waals surface area contributed by atoms with Crippen molar-refractivity contribution in [2.45, 2.75) is 6.17 Å². The molecule has 4 nitrogen and oxygen atoms in total. The summed E-state index contributed by atoms with van der Waals surface area (Å²) in [4.78, 5) is 10.5. The van der Waals surface area contributed by atoms with Crippen LogP contribution in [0.5, 0.6) is 11.5 Å². The molecule has 0 bridgehead atoms. The Hall–Kier alpha value is -1.49. The molecule has 0 amide bonds. The standard InChI is InChI=1S/C10H10ClFO4/c1-15-7-3-5(9(12)10(13)14)6(11)4-8(7)16-2/h3-4,9H,1-2H3,(H,13,14). The lowest BCUT2D eigenvalue weighted by Gasteiger charge is -2.12. The van der Waals surface area contributed by atoms with Crippen LogP contribution in [0.2, 0.25) is 5.02 Å². The van der Waals surface area contributed by atoms with E-state index in [4.69, 9.17) is 26.2 Å². The second-order valence-corrected chi connectivity index (χ2v) is 3.34. The van der Waals surface area contributed by atoms with E-state index >= 15 is 0 Å². The van der Waals surface area contributed by atoms with Gasteiger partial charge >= 0.3 is 5.97 Å². The van der Waals surface area contributed by atoms with Crippen LogP contribution in [-0.2, 0) is 4.79 Å². The molecule has 0 aromatic heterocycles. The van der Waals surface area contributed by atoms with E-state index in [1.165, 1.54) is 26.4 Å². The van der Waals surface area contributed by atoms with E-state index < -0.39 is 12.1 Å². The van der Waals surface area contributed by atoms with Crippen molar-refractivity contribution < 1.29 is 23.8 Å². The minimum Gasteiger partial charge on any atom is -0.493 e. The van der Waals surface area contributed by atoms with Gasteiger partial charge in [0.05, 0.1) is 19.2 Å². The topological polar surface area (TPSA) is 55.8 Å². The predicted octanol–water partition coefficient (Wildman–Crippen LogP) is 2.45. The molecule has 0 saturated heterocycles. The number of alkyl halides is 1. The van der Waals surface area contributed by atoms with Gasteiger partial charge in [0.15, 0.2) is 11.5 Å². The summed E-state index contributed by atoms with van der Waals surface area (Å²) in [5.74, 6) is -1.06. The van der Waals surface area contributed by atoms with Crippen LogP contribution in [0.1, 0.15) is 11.7 Å². The van der Waals surface area contributed by atoms with E-state index in [1.807, 2.05) is 0 Å². The highest BCUT2D eigenvalue weighted by Crippen LogP contribution is 2.36. The molecule has 1 aromatic rings. The summed E-state index contributed by atoms with van der Waals surface area (Å²) in [5.41, 5.74) is -0.160. The number of ether oxygens (including phenoxy) is 2. The molecule has 1 N–H and O–H groups in total. The Morgan fingerprint density at radius 3 is 2.31 bits per heavy atom. The summed E-state index contributed by atoms with van der Waals surface area (Å²) >= 11 is 5.74. The van der Waals surface area contributed by atoms with Crippen LogP contribution < -0.4 is 9.47 Å².